The first kappa shape index (κ1) is 21.2. The molecule has 0 bridgehead atoms. The Kier molecular flexibility index (Phi) is 5.60. The van der Waals surface area contributed by atoms with Crippen molar-refractivity contribution in [3.05, 3.63) is 93.6 Å². The highest BCUT2D eigenvalue weighted by Gasteiger charge is 2.26. The van der Waals surface area contributed by atoms with Gasteiger partial charge in [-0.05, 0) is 36.4 Å². The summed E-state index contributed by atoms with van der Waals surface area (Å²) in [5.74, 6) is -0.163. The molecule has 4 aromatic rings. The highest BCUT2D eigenvalue weighted by molar-refractivity contribution is 6.33. The van der Waals surface area contributed by atoms with E-state index in [1.165, 1.54) is 0 Å². The lowest BCUT2D eigenvalue weighted by Crippen LogP contribution is -2.51. The lowest BCUT2D eigenvalue weighted by molar-refractivity contribution is -0.133. The Morgan fingerprint density at radius 3 is 1.85 bits per heavy atom. The average molecular weight is 460 g/mol. The Morgan fingerprint density at radius 1 is 0.727 bits per heavy atom. The molecule has 1 aromatic heterocycles. The van der Waals surface area contributed by atoms with Crippen molar-refractivity contribution in [1.82, 2.24) is 14.4 Å². The van der Waals surface area contributed by atoms with Crippen molar-refractivity contribution in [3.63, 3.8) is 0 Å². The molecular formula is C26H22ClN3O3. The van der Waals surface area contributed by atoms with Gasteiger partial charge in [0.05, 0.1) is 21.6 Å². The fraction of sp³-hybridized carbons (Fsp3) is 0.192. The van der Waals surface area contributed by atoms with Crippen LogP contribution in [0.15, 0.2) is 77.6 Å². The van der Waals surface area contributed by atoms with Crippen LogP contribution in [0.1, 0.15) is 10.4 Å². The molecule has 0 N–H and O–H groups in total. The van der Waals surface area contributed by atoms with Crippen LogP contribution in [-0.2, 0) is 11.3 Å². The van der Waals surface area contributed by atoms with Gasteiger partial charge >= 0.3 is 0 Å². The summed E-state index contributed by atoms with van der Waals surface area (Å²) < 4.78 is 1.91. The molecule has 0 atom stereocenters. The van der Waals surface area contributed by atoms with E-state index in [1.54, 1.807) is 46.2 Å². The number of amides is 2. The number of fused-ring (bicyclic) bond motifs is 2. The normalized spacial score (nSPS) is 14.1. The predicted octanol–water partition coefficient (Wildman–Crippen LogP) is 3.79. The van der Waals surface area contributed by atoms with Gasteiger partial charge in [-0.3, -0.25) is 14.4 Å². The molecule has 0 saturated carbocycles. The zero-order valence-electron chi connectivity index (χ0n) is 17.9. The maximum Gasteiger partial charge on any atom is 0.255 e. The van der Waals surface area contributed by atoms with Crippen molar-refractivity contribution in [2.24, 2.45) is 0 Å². The Balaban J connectivity index is 1.37. The van der Waals surface area contributed by atoms with Gasteiger partial charge in [0.15, 0.2) is 5.43 Å². The number of aromatic nitrogens is 1. The Hall–Kier alpha value is -3.64. The van der Waals surface area contributed by atoms with Crippen LogP contribution in [0.25, 0.3) is 21.8 Å². The van der Waals surface area contributed by atoms with Crippen molar-refractivity contribution in [3.8, 4) is 0 Å². The highest BCUT2D eigenvalue weighted by Crippen LogP contribution is 2.21. The number of pyridine rings is 1. The van der Waals surface area contributed by atoms with Crippen molar-refractivity contribution in [2.75, 3.05) is 26.2 Å². The molecule has 2 heterocycles. The second kappa shape index (κ2) is 8.71. The minimum Gasteiger partial charge on any atom is -0.338 e. The topological polar surface area (TPSA) is 62.6 Å². The third kappa shape index (κ3) is 3.87. The molecule has 1 saturated heterocycles. The molecule has 1 aliphatic heterocycles. The van der Waals surface area contributed by atoms with Crippen LogP contribution in [0.2, 0.25) is 5.02 Å². The third-order valence-electron chi connectivity index (χ3n) is 6.20. The molecule has 3 aromatic carbocycles. The number of para-hydroxylation sites is 2. The Bertz CT molecular complexity index is 1380. The number of hydrogen-bond acceptors (Lipinski definition) is 3. The van der Waals surface area contributed by atoms with Gasteiger partial charge in [0.1, 0.15) is 6.54 Å². The molecule has 5 rings (SSSR count). The summed E-state index contributed by atoms with van der Waals surface area (Å²) in [7, 11) is 0. The first-order chi connectivity index (χ1) is 16.0. The van der Waals surface area contributed by atoms with Crippen LogP contribution < -0.4 is 5.43 Å². The molecule has 6 nitrogen and oxygen atoms in total. The van der Waals surface area contributed by atoms with Gasteiger partial charge < -0.3 is 14.4 Å². The first-order valence-corrected chi connectivity index (χ1v) is 11.2. The van der Waals surface area contributed by atoms with Crippen molar-refractivity contribution in [1.29, 1.82) is 0 Å². The van der Waals surface area contributed by atoms with Gasteiger partial charge in [0.2, 0.25) is 5.91 Å². The number of carbonyl (C=O) groups excluding carboxylic acids is 2. The minimum atomic E-state index is -0.120. The minimum absolute atomic E-state index is 0.0309. The molecule has 33 heavy (non-hydrogen) atoms. The molecule has 7 heteroatoms. The molecule has 166 valence electrons. The molecule has 1 fully saturated rings. The van der Waals surface area contributed by atoms with E-state index in [0.717, 1.165) is 11.0 Å². The fourth-order valence-corrected chi connectivity index (χ4v) is 4.66. The molecule has 0 radical (unpaired) electrons. The first-order valence-electron chi connectivity index (χ1n) is 10.9. The van der Waals surface area contributed by atoms with Gasteiger partial charge in [0, 0.05) is 37.0 Å². The standard InChI is InChI=1S/C26H22ClN3O3/c27-21-10-4-1-7-18(21)26(33)29-15-13-28(14-16-29)24(31)17-30-22-11-5-2-8-19(22)25(32)20-9-3-6-12-23(20)30/h1-12H,13-17H2. The van der Waals surface area contributed by atoms with Crippen LogP contribution in [-0.4, -0.2) is 52.4 Å². The molecule has 0 spiro atoms. The average Bonchev–Trinajstić information content (AvgIpc) is 2.86. The van der Waals surface area contributed by atoms with Gasteiger partial charge in [-0.25, -0.2) is 0 Å². The van der Waals surface area contributed by atoms with E-state index < -0.39 is 0 Å². The van der Waals surface area contributed by atoms with E-state index >= 15 is 0 Å². The summed E-state index contributed by atoms with van der Waals surface area (Å²) in [6.45, 7) is 1.92. The summed E-state index contributed by atoms with van der Waals surface area (Å²) in [5.41, 5.74) is 1.92. The quantitative estimate of drug-likeness (QED) is 0.438. The number of piperazine rings is 1. The van der Waals surface area contributed by atoms with E-state index in [-0.39, 0.29) is 23.8 Å². The zero-order chi connectivity index (χ0) is 22.9. The number of carbonyl (C=O) groups is 2. The largest absolute Gasteiger partial charge is 0.338 e. The van der Waals surface area contributed by atoms with Crippen LogP contribution >= 0.6 is 11.6 Å². The number of rotatable bonds is 3. The maximum atomic E-state index is 13.2. The van der Waals surface area contributed by atoms with E-state index in [4.69, 9.17) is 11.6 Å². The lowest BCUT2D eigenvalue weighted by atomic mass is 10.1. The number of hydrogen-bond donors (Lipinski definition) is 0. The zero-order valence-corrected chi connectivity index (χ0v) is 18.7. The van der Waals surface area contributed by atoms with E-state index in [1.807, 2.05) is 41.0 Å². The van der Waals surface area contributed by atoms with Crippen molar-refractivity contribution < 1.29 is 9.59 Å². The molecule has 0 aliphatic carbocycles. The highest BCUT2D eigenvalue weighted by atomic mass is 35.5. The number of nitrogens with zero attached hydrogens (tertiary/aromatic N) is 3. The van der Waals surface area contributed by atoms with Crippen LogP contribution in [0.4, 0.5) is 0 Å². The van der Waals surface area contributed by atoms with Gasteiger partial charge in [0.25, 0.3) is 5.91 Å². The van der Waals surface area contributed by atoms with E-state index in [2.05, 4.69) is 0 Å². The summed E-state index contributed by atoms with van der Waals surface area (Å²) in [6.07, 6.45) is 0. The van der Waals surface area contributed by atoms with E-state index in [0.29, 0.717) is 47.5 Å². The van der Waals surface area contributed by atoms with Crippen LogP contribution in [0.5, 0.6) is 0 Å². The van der Waals surface area contributed by atoms with Crippen LogP contribution in [0.3, 0.4) is 0 Å². The van der Waals surface area contributed by atoms with E-state index in [9.17, 15) is 14.4 Å². The smallest absolute Gasteiger partial charge is 0.255 e. The molecule has 0 unspecified atom stereocenters. The van der Waals surface area contributed by atoms with Crippen LogP contribution in [0, 0.1) is 0 Å². The second-order valence-electron chi connectivity index (χ2n) is 8.10. The third-order valence-corrected chi connectivity index (χ3v) is 6.53. The monoisotopic (exact) mass is 459 g/mol. The lowest BCUT2D eigenvalue weighted by Gasteiger charge is -2.35. The second-order valence-corrected chi connectivity index (χ2v) is 8.51. The number of halogens is 1. The molecule has 2 amide bonds. The van der Waals surface area contributed by atoms with Crippen molar-refractivity contribution >= 4 is 45.2 Å². The fourth-order valence-electron chi connectivity index (χ4n) is 4.45. The molecular weight excluding hydrogens is 438 g/mol. The number of benzene rings is 3. The SMILES string of the molecule is O=C(Cn1c2ccccc2c(=O)c2ccccc21)N1CCN(C(=O)c2ccccc2Cl)CC1. The maximum absolute atomic E-state index is 13.2. The van der Waals surface area contributed by atoms with Gasteiger partial charge in [-0.2, -0.15) is 0 Å². The Morgan fingerprint density at radius 2 is 1.24 bits per heavy atom. The van der Waals surface area contributed by atoms with Gasteiger partial charge in [-0.1, -0.05) is 48.0 Å². The Labute approximate surface area is 195 Å². The summed E-state index contributed by atoms with van der Waals surface area (Å²) >= 11 is 6.18. The summed E-state index contributed by atoms with van der Waals surface area (Å²) in [5, 5.41) is 1.62. The predicted molar refractivity (Wildman–Crippen MR) is 130 cm³/mol. The van der Waals surface area contributed by atoms with Crippen molar-refractivity contribution in [2.45, 2.75) is 6.54 Å². The summed E-state index contributed by atoms with van der Waals surface area (Å²) in [4.78, 5) is 42.5. The summed E-state index contributed by atoms with van der Waals surface area (Å²) in [6, 6.07) is 21.7. The molecule has 1 aliphatic rings. The van der Waals surface area contributed by atoms with Gasteiger partial charge in [-0.15, -0.1) is 0 Å².